The van der Waals surface area contributed by atoms with Crippen molar-refractivity contribution in [1.29, 1.82) is 5.26 Å². The Balaban J connectivity index is 3.22. The summed E-state index contributed by atoms with van der Waals surface area (Å²) in [6, 6.07) is 4.46. The number of hydrogen-bond acceptors (Lipinski definition) is 5. The highest BCUT2D eigenvalue weighted by molar-refractivity contribution is 5.75. The second-order valence-corrected chi connectivity index (χ2v) is 3.75. The number of esters is 1. The number of benzene rings is 1. The summed E-state index contributed by atoms with van der Waals surface area (Å²) >= 11 is 0. The van der Waals surface area contributed by atoms with Gasteiger partial charge in [0.1, 0.15) is 11.8 Å². The Morgan fingerprint density at radius 1 is 1.50 bits per heavy atom. The molecule has 1 aromatic rings. The predicted molar refractivity (Wildman–Crippen MR) is 66.0 cm³/mol. The first-order valence-corrected chi connectivity index (χ1v) is 5.88. The van der Waals surface area contributed by atoms with Gasteiger partial charge in [0.15, 0.2) is 0 Å². The van der Waals surface area contributed by atoms with E-state index < -0.39 is 12.6 Å². The van der Waals surface area contributed by atoms with Crippen LogP contribution in [0.15, 0.2) is 12.1 Å². The second-order valence-electron chi connectivity index (χ2n) is 3.75. The van der Waals surface area contributed by atoms with E-state index in [0.29, 0.717) is 5.56 Å². The average molecular weight is 284 g/mol. The summed E-state index contributed by atoms with van der Waals surface area (Å²) in [6.07, 6.45) is -0.219. The van der Waals surface area contributed by atoms with Crippen molar-refractivity contribution < 1.29 is 23.0 Å². The van der Waals surface area contributed by atoms with Crippen molar-refractivity contribution in [2.24, 2.45) is 5.73 Å². The van der Waals surface area contributed by atoms with Gasteiger partial charge in [-0.05, 0) is 24.1 Å². The van der Waals surface area contributed by atoms with Gasteiger partial charge >= 0.3 is 12.6 Å². The fraction of sp³-hybridized carbons (Fsp3) is 0.385. The number of hydrogen-bond donors (Lipinski definition) is 1. The molecule has 0 spiro atoms. The summed E-state index contributed by atoms with van der Waals surface area (Å²) in [4.78, 5) is 11.5. The van der Waals surface area contributed by atoms with E-state index in [4.69, 9.17) is 15.7 Å². The summed E-state index contributed by atoms with van der Waals surface area (Å²) < 4.78 is 33.6. The molecule has 0 amide bonds. The Hall–Kier alpha value is -2.20. The van der Waals surface area contributed by atoms with Crippen LogP contribution in [-0.2, 0) is 22.5 Å². The lowest BCUT2D eigenvalue weighted by Gasteiger charge is -2.13. The highest BCUT2D eigenvalue weighted by atomic mass is 19.3. The lowest BCUT2D eigenvalue weighted by Crippen LogP contribution is -2.14. The van der Waals surface area contributed by atoms with E-state index in [1.165, 1.54) is 12.1 Å². The minimum Gasteiger partial charge on any atom is -0.466 e. The van der Waals surface area contributed by atoms with E-state index in [9.17, 15) is 13.6 Å². The van der Waals surface area contributed by atoms with Gasteiger partial charge in [-0.15, -0.1) is 0 Å². The van der Waals surface area contributed by atoms with Crippen LogP contribution in [0.1, 0.15) is 23.6 Å². The molecule has 0 unspecified atom stereocenters. The number of carbonyl (C=O) groups is 1. The van der Waals surface area contributed by atoms with Crippen molar-refractivity contribution in [2.75, 3.05) is 6.61 Å². The van der Waals surface area contributed by atoms with E-state index in [0.717, 1.165) is 0 Å². The standard InChI is InChI=1S/C13H14F2N2O3/c1-2-19-12(18)5-9-8(6-16)3-4-11(10(9)7-17)20-13(14)15/h3-4,13H,2,5-6,16H2,1H3. The molecule has 0 atom stereocenters. The fourth-order valence-electron chi connectivity index (χ4n) is 1.74. The molecule has 0 heterocycles. The Bertz CT molecular complexity index is 527. The maximum absolute atomic E-state index is 12.3. The van der Waals surface area contributed by atoms with Crippen LogP contribution in [0.25, 0.3) is 0 Å². The molecule has 108 valence electrons. The lowest BCUT2D eigenvalue weighted by molar-refractivity contribution is -0.142. The fourth-order valence-corrected chi connectivity index (χ4v) is 1.74. The van der Waals surface area contributed by atoms with E-state index in [-0.39, 0.29) is 36.4 Å². The number of alkyl halides is 2. The van der Waals surface area contributed by atoms with Crippen LogP contribution in [-0.4, -0.2) is 19.2 Å². The van der Waals surface area contributed by atoms with Gasteiger partial charge in [0.05, 0.1) is 18.6 Å². The Morgan fingerprint density at radius 3 is 2.70 bits per heavy atom. The molecule has 0 bridgehead atoms. The van der Waals surface area contributed by atoms with Gasteiger partial charge in [-0.1, -0.05) is 6.07 Å². The molecule has 20 heavy (non-hydrogen) atoms. The lowest BCUT2D eigenvalue weighted by atomic mass is 9.98. The topological polar surface area (TPSA) is 85.3 Å². The number of rotatable bonds is 6. The van der Waals surface area contributed by atoms with E-state index in [1.807, 2.05) is 0 Å². The van der Waals surface area contributed by atoms with Crippen molar-refractivity contribution in [3.63, 3.8) is 0 Å². The minimum atomic E-state index is -3.05. The largest absolute Gasteiger partial charge is 0.466 e. The molecule has 0 aromatic heterocycles. The highest BCUT2D eigenvalue weighted by Gasteiger charge is 2.19. The molecule has 0 aliphatic carbocycles. The number of nitriles is 1. The van der Waals surface area contributed by atoms with Gasteiger partial charge in [-0.3, -0.25) is 4.79 Å². The maximum Gasteiger partial charge on any atom is 0.387 e. The van der Waals surface area contributed by atoms with Gasteiger partial charge in [-0.2, -0.15) is 14.0 Å². The molecule has 0 saturated heterocycles. The number of nitrogens with two attached hydrogens (primary N) is 1. The normalized spacial score (nSPS) is 10.2. The summed E-state index contributed by atoms with van der Waals surface area (Å²) in [7, 11) is 0. The van der Waals surface area contributed by atoms with Crippen LogP contribution in [0.4, 0.5) is 8.78 Å². The molecule has 1 aromatic carbocycles. The first-order chi connectivity index (χ1) is 9.53. The van der Waals surface area contributed by atoms with Crippen LogP contribution in [0.2, 0.25) is 0 Å². The molecular formula is C13H14F2N2O3. The molecule has 2 N–H and O–H groups in total. The van der Waals surface area contributed by atoms with Crippen LogP contribution >= 0.6 is 0 Å². The quantitative estimate of drug-likeness (QED) is 0.804. The smallest absolute Gasteiger partial charge is 0.387 e. The van der Waals surface area contributed by atoms with E-state index >= 15 is 0 Å². The van der Waals surface area contributed by atoms with Crippen LogP contribution < -0.4 is 10.5 Å². The zero-order chi connectivity index (χ0) is 15.1. The Morgan fingerprint density at radius 2 is 2.20 bits per heavy atom. The first-order valence-electron chi connectivity index (χ1n) is 5.88. The minimum absolute atomic E-state index is 0.0678. The van der Waals surface area contributed by atoms with E-state index in [2.05, 4.69) is 4.74 Å². The predicted octanol–water partition coefficient (Wildman–Crippen LogP) is 1.72. The maximum atomic E-state index is 12.3. The van der Waals surface area contributed by atoms with Gasteiger partial charge in [0.2, 0.25) is 0 Å². The van der Waals surface area contributed by atoms with Gasteiger partial charge in [-0.25, -0.2) is 0 Å². The molecule has 0 saturated carbocycles. The number of halogens is 2. The zero-order valence-electron chi connectivity index (χ0n) is 10.9. The van der Waals surface area contributed by atoms with Gasteiger partial charge in [0.25, 0.3) is 0 Å². The van der Waals surface area contributed by atoms with Crippen molar-refractivity contribution in [2.45, 2.75) is 26.5 Å². The third-order valence-corrected chi connectivity index (χ3v) is 2.55. The summed E-state index contributed by atoms with van der Waals surface area (Å²) in [5, 5.41) is 9.11. The SMILES string of the molecule is CCOC(=O)Cc1c(CN)ccc(OC(F)F)c1C#N. The monoisotopic (exact) mass is 284 g/mol. The third kappa shape index (κ3) is 3.90. The molecule has 1 rings (SSSR count). The number of carbonyl (C=O) groups excluding carboxylic acids is 1. The van der Waals surface area contributed by atoms with Crippen molar-refractivity contribution in [3.05, 3.63) is 28.8 Å². The number of ether oxygens (including phenoxy) is 2. The number of nitrogens with zero attached hydrogens (tertiary/aromatic N) is 1. The van der Waals surface area contributed by atoms with Crippen molar-refractivity contribution in [3.8, 4) is 11.8 Å². The molecule has 7 heteroatoms. The van der Waals surface area contributed by atoms with Crippen molar-refractivity contribution >= 4 is 5.97 Å². The molecule has 0 radical (unpaired) electrons. The van der Waals surface area contributed by atoms with Crippen molar-refractivity contribution in [1.82, 2.24) is 0 Å². The van der Waals surface area contributed by atoms with Crippen LogP contribution in [0.5, 0.6) is 5.75 Å². The summed E-state index contributed by atoms with van der Waals surface area (Å²) in [5.74, 6) is -0.841. The molecule has 0 aliphatic rings. The second kappa shape index (κ2) is 7.40. The summed E-state index contributed by atoms with van der Waals surface area (Å²) in [6.45, 7) is -1.16. The van der Waals surface area contributed by atoms with E-state index in [1.54, 1.807) is 13.0 Å². The molecule has 0 aliphatic heterocycles. The highest BCUT2D eigenvalue weighted by Crippen LogP contribution is 2.27. The van der Waals surface area contributed by atoms with Gasteiger partial charge in [0, 0.05) is 6.54 Å². The van der Waals surface area contributed by atoms with Crippen LogP contribution in [0.3, 0.4) is 0 Å². The van der Waals surface area contributed by atoms with Gasteiger partial charge < -0.3 is 15.2 Å². The third-order valence-electron chi connectivity index (χ3n) is 2.55. The molecule has 0 fully saturated rings. The molecular weight excluding hydrogens is 270 g/mol. The average Bonchev–Trinajstić information content (AvgIpc) is 2.39. The molecule has 5 nitrogen and oxygen atoms in total. The van der Waals surface area contributed by atoms with Crippen LogP contribution in [0, 0.1) is 11.3 Å². The zero-order valence-corrected chi connectivity index (χ0v) is 10.9. The summed E-state index contributed by atoms with van der Waals surface area (Å²) in [5.41, 5.74) is 6.17. The Labute approximate surface area is 114 Å². The first kappa shape index (κ1) is 15.9. The Kier molecular flexibility index (Phi) is 5.87.